The van der Waals surface area contributed by atoms with Gasteiger partial charge in [0.05, 0.1) is 17.6 Å². The molecule has 130 valence electrons. The summed E-state index contributed by atoms with van der Waals surface area (Å²) < 4.78 is 40.0. The molecule has 3 aromatic carbocycles. The Balaban J connectivity index is 1.73. The van der Waals surface area contributed by atoms with Gasteiger partial charge in [-0.1, -0.05) is 60.7 Å². The fourth-order valence-corrected chi connectivity index (χ4v) is 3.03. The van der Waals surface area contributed by atoms with Crippen molar-refractivity contribution in [1.82, 2.24) is 9.78 Å². The zero-order valence-electron chi connectivity index (χ0n) is 13.7. The first-order valence-corrected chi connectivity index (χ1v) is 8.19. The number of para-hydroxylation sites is 1. The second kappa shape index (κ2) is 6.33. The summed E-state index contributed by atoms with van der Waals surface area (Å²) in [5.74, 6) is 0. The van der Waals surface area contributed by atoms with Crippen LogP contribution in [0.2, 0.25) is 0 Å². The fourth-order valence-electron chi connectivity index (χ4n) is 3.03. The molecule has 5 heteroatoms. The Morgan fingerprint density at radius 1 is 0.769 bits per heavy atom. The highest BCUT2D eigenvalue weighted by Crippen LogP contribution is 2.30. The Hall–Kier alpha value is -3.08. The highest BCUT2D eigenvalue weighted by molar-refractivity contribution is 5.93. The molecule has 0 aliphatic heterocycles. The lowest BCUT2D eigenvalue weighted by atomic mass is 10.1. The zero-order chi connectivity index (χ0) is 18.1. The predicted octanol–water partition coefficient (Wildman–Crippen LogP) is 5.77. The molecule has 0 radical (unpaired) electrons. The Morgan fingerprint density at radius 3 is 2.12 bits per heavy atom. The molecule has 0 aliphatic rings. The summed E-state index contributed by atoms with van der Waals surface area (Å²) in [4.78, 5) is 0. The summed E-state index contributed by atoms with van der Waals surface area (Å²) in [5.41, 5.74) is 2.96. The molecule has 0 N–H and O–H groups in total. The first-order chi connectivity index (χ1) is 12.5. The van der Waals surface area contributed by atoms with Gasteiger partial charge in [-0.15, -0.1) is 0 Å². The van der Waals surface area contributed by atoms with Crippen molar-refractivity contribution >= 4 is 10.9 Å². The maximum absolute atomic E-state index is 12.7. The molecular formula is C21H15F3N2. The minimum absolute atomic E-state index is 0.408. The Labute approximate surface area is 148 Å². The third-order valence-corrected chi connectivity index (χ3v) is 4.32. The molecule has 0 amide bonds. The second-order valence-electron chi connectivity index (χ2n) is 6.08. The molecule has 0 saturated carbocycles. The van der Waals surface area contributed by atoms with Crippen LogP contribution in [0.4, 0.5) is 13.2 Å². The second-order valence-corrected chi connectivity index (χ2v) is 6.08. The zero-order valence-corrected chi connectivity index (χ0v) is 13.7. The molecule has 0 aliphatic carbocycles. The van der Waals surface area contributed by atoms with E-state index < -0.39 is 11.7 Å². The molecule has 2 nitrogen and oxygen atoms in total. The van der Waals surface area contributed by atoms with Crippen molar-refractivity contribution in [2.24, 2.45) is 0 Å². The van der Waals surface area contributed by atoms with Crippen molar-refractivity contribution in [3.63, 3.8) is 0 Å². The summed E-state index contributed by atoms with van der Waals surface area (Å²) in [7, 11) is 0. The summed E-state index contributed by atoms with van der Waals surface area (Å²) in [6, 6.07) is 23.0. The van der Waals surface area contributed by atoms with E-state index in [-0.39, 0.29) is 0 Å². The van der Waals surface area contributed by atoms with Crippen molar-refractivity contribution in [3.8, 4) is 11.3 Å². The molecular weight excluding hydrogens is 337 g/mol. The topological polar surface area (TPSA) is 17.8 Å². The van der Waals surface area contributed by atoms with Gasteiger partial charge in [-0.3, -0.25) is 4.68 Å². The predicted molar refractivity (Wildman–Crippen MR) is 95.7 cm³/mol. The summed E-state index contributed by atoms with van der Waals surface area (Å²) in [5, 5.41) is 5.74. The standard InChI is InChI=1S/C21H15F3N2/c22-21(23,24)17-12-10-15(11-13-17)14-26-19-9-5-4-8-18(19)20(25-26)16-6-2-1-3-7-16/h1-13H,14H2. The number of hydrogen-bond acceptors (Lipinski definition) is 1. The number of aromatic nitrogens is 2. The van der Waals surface area contributed by atoms with Crippen LogP contribution in [0.5, 0.6) is 0 Å². The van der Waals surface area contributed by atoms with Gasteiger partial charge in [-0.25, -0.2) is 0 Å². The maximum atomic E-state index is 12.7. The van der Waals surface area contributed by atoms with Crippen LogP contribution in [0.15, 0.2) is 78.9 Å². The molecule has 0 bridgehead atoms. The van der Waals surface area contributed by atoms with Gasteiger partial charge >= 0.3 is 6.18 Å². The minimum Gasteiger partial charge on any atom is -0.260 e. The van der Waals surface area contributed by atoms with Crippen LogP contribution in [0.25, 0.3) is 22.2 Å². The van der Waals surface area contributed by atoms with Crippen LogP contribution in [0.3, 0.4) is 0 Å². The Kier molecular flexibility index (Phi) is 3.99. The number of halogens is 3. The van der Waals surface area contributed by atoms with Gasteiger partial charge in [-0.05, 0) is 23.8 Å². The molecule has 1 heterocycles. The highest BCUT2D eigenvalue weighted by atomic mass is 19.4. The van der Waals surface area contributed by atoms with E-state index in [9.17, 15) is 13.2 Å². The van der Waals surface area contributed by atoms with E-state index in [2.05, 4.69) is 0 Å². The first kappa shape index (κ1) is 16.4. The number of alkyl halides is 3. The number of fused-ring (bicyclic) bond motifs is 1. The molecule has 0 fully saturated rings. The maximum Gasteiger partial charge on any atom is 0.416 e. The van der Waals surface area contributed by atoms with Gasteiger partial charge in [0, 0.05) is 10.9 Å². The molecule has 0 unspecified atom stereocenters. The third-order valence-electron chi connectivity index (χ3n) is 4.32. The van der Waals surface area contributed by atoms with Crippen LogP contribution in [0, 0.1) is 0 Å². The number of nitrogens with zero attached hydrogens (tertiary/aromatic N) is 2. The van der Waals surface area contributed by atoms with E-state index in [1.54, 1.807) is 0 Å². The lowest BCUT2D eigenvalue weighted by Gasteiger charge is -2.08. The number of hydrogen-bond donors (Lipinski definition) is 0. The van der Waals surface area contributed by atoms with Gasteiger partial charge in [0.1, 0.15) is 5.69 Å². The van der Waals surface area contributed by atoms with Crippen LogP contribution < -0.4 is 0 Å². The van der Waals surface area contributed by atoms with Crippen molar-refractivity contribution in [2.75, 3.05) is 0 Å². The lowest BCUT2D eigenvalue weighted by Crippen LogP contribution is -2.06. The van der Waals surface area contributed by atoms with Crippen LogP contribution in [0.1, 0.15) is 11.1 Å². The fraction of sp³-hybridized carbons (Fsp3) is 0.0952. The largest absolute Gasteiger partial charge is 0.416 e. The van der Waals surface area contributed by atoms with Crippen molar-refractivity contribution < 1.29 is 13.2 Å². The van der Waals surface area contributed by atoms with Crippen molar-refractivity contribution in [3.05, 3.63) is 90.0 Å². The molecule has 0 atom stereocenters. The van der Waals surface area contributed by atoms with Gasteiger partial charge in [0.25, 0.3) is 0 Å². The summed E-state index contributed by atoms with van der Waals surface area (Å²) in [6.45, 7) is 0.408. The van der Waals surface area contributed by atoms with E-state index >= 15 is 0 Å². The van der Waals surface area contributed by atoms with E-state index in [1.165, 1.54) is 12.1 Å². The van der Waals surface area contributed by atoms with Crippen molar-refractivity contribution in [2.45, 2.75) is 12.7 Å². The van der Waals surface area contributed by atoms with E-state index in [4.69, 9.17) is 5.10 Å². The lowest BCUT2D eigenvalue weighted by molar-refractivity contribution is -0.137. The van der Waals surface area contributed by atoms with E-state index in [0.717, 1.165) is 39.9 Å². The van der Waals surface area contributed by atoms with Crippen molar-refractivity contribution in [1.29, 1.82) is 0 Å². The minimum atomic E-state index is -4.32. The molecule has 0 spiro atoms. The summed E-state index contributed by atoms with van der Waals surface area (Å²) >= 11 is 0. The average Bonchev–Trinajstić information content (AvgIpc) is 3.01. The van der Waals surface area contributed by atoms with E-state index in [1.807, 2.05) is 59.3 Å². The molecule has 4 rings (SSSR count). The Morgan fingerprint density at radius 2 is 1.42 bits per heavy atom. The number of benzene rings is 3. The monoisotopic (exact) mass is 352 g/mol. The molecule has 4 aromatic rings. The van der Waals surface area contributed by atoms with Gasteiger partial charge < -0.3 is 0 Å². The number of rotatable bonds is 3. The SMILES string of the molecule is FC(F)(F)c1ccc(Cn2nc(-c3ccccc3)c3ccccc32)cc1. The Bertz CT molecular complexity index is 1030. The quantitative estimate of drug-likeness (QED) is 0.458. The first-order valence-electron chi connectivity index (χ1n) is 8.19. The molecule has 26 heavy (non-hydrogen) atoms. The highest BCUT2D eigenvalue weighted by Gasteiger charge is 2.29. The molecule has 0 saturated heterocycles. The summed E-state index contributed by atoms with van der Waals surface area (Å²) in [6.07, 6.45) is -4.32. The van der Waals surface area contributed by atoms with Crippen LogP contribution >= 0.6 is 0 Å². The third kappa shape index (κ3) is 3.08. The van der Waals surface area contributed by atoms with Gasteiger partial charge in [0.15, 0.2) is 0 Å². The van der Waals surface area contributed by atoms with Crippen LogP contribution in [-0.2, 0) is 12.7 Å². The van der Waals surface area contributed by atoms with Gasteiger partial charge in [-0.2, -0.15) is 18.3 Å². The van der Waals surface area contributed by atoms with Gasteiger partial charge in [0.2, 0.25) is 0 Å². The van der Waals surface area contributed by atoms with E-state index in [0.29, 0.717) is 6.54 Å². The average molecular weight is 352 g/mol. The smallest absolute Gasteiger partial charge is 0.260 e. The molecule has 1 aromatic heterocycles. The normalized spacial score (nSPS) is 11.8. The van der Waals surface area contributed by atoms with Crippen LogP contribution in [-0.4, -0.2) is 9.78 Å².